The smallest absolute Gasteiger partial charge is 0.360 e. The van der Waals surface area contributed by atoms with E-state index in [1.54, 1.807) is 20.0 Å². The SMILES string of the molecule is CCN(CC(F)(F)F)c1c(F)cccc1CNC. The van der Waals surface area contributed by atoms with Crippen molar-refractivity contribution >= 4 is 5.69 Å². The zero-order chi connectivity index (χ0) is 13.8. The topological polar surface area (TPSA) is 15.3 Å². The molecule has 1 aromatic carbocycles. The highest BCUT2D eigenvalue weighted by atomic mass is 19.4. The molecule has 0 unspecified atom stereocenters. The van der Waals surface area contributed by atoms with Crippen molar-refractivity contribution in [3.63, 3.8) is 0 Å². The first kappa shape index (κ1) is 14.8. The molecule has 2 nitrogen and oxygen atoms in total. The molecule has 6 heteroatoms. The molecule has 0 heterocycles. The summed E-state index contributed by atoms with van der Waals surface area (Å²) in [5.41, 5.74) is 0.537. The van der Waals surface area contributed by atoms with Gasteiger partial charge in [-0.2, -0.15) is 13.2 Å². The van der Waals surface area contributed by atoms with Gasteiger partial charge in [0.15, 0.2) is 0 Å². The maximum Gasteiger partial charge on any atom is 0.405 e. The number of halogens is 4. The first-order valence-corrected chi connectivity index (χ1v) is 5.62. The Kier molecular flexibility index (Phi) is 4.95. The summed E-state index contributed by atoms with van der Waals surface area (Å²) in [6, 6.07) is 4.29. The molecule has 0 amide bonds. The number of hydrogen-bond acceptors (Lipinski definition) is 2. The van der Waals surface area contributed by atoms with Gasteiger partial charge >= 0.3 is 6.18 Å². The van der Waals surface area contributed by atoms with Crippen LogP contribution in [0.1, 0.15) is 12.5 Å². The molecule has 1 aromatic rings. The third kappa shape index (κ3) is 3.87. The van der Waals surface area contributed by atoms with E-state index >= 15 is 0 Å². The van der Waals surface area contributed by atoms with Gasteiger partial charge in [0, 0.05) is 13.1 Å². The second kappa shape index (κ2) is 6.04. The quantitative estimate of drug-likeness (QED) is 0.823. The molecule has 102 valence electrons. The summed E-state index contributed by atoms with van der Waals surface area (Å²) in [7, 11) is 1.66. The van der Waals surface area contributed by atoms with Gasteiger partial charge in [0.1, 0.15) is 12.4 Å². The predicted octanol–water partition coefficient (Wildman–Crippen LogP) is 2.93. The molecule has 0 aliphatic carbocycles. The Labute approximate surface area is 104 Å². The van der Waals surface area contributed by atoms with Gasteiger partial charge in [-0.1, -0.05) is 12.1 Å². The van der Waals surface area contributed by atoms with Crippen molar-refractivity contribution in [2.24, 2.45) is 0 Å². The van der Waals surface area contributed by atoms with Crippen LogP contribution in [0.15, 0.2) is 18.2 Å². The average molecular weight is 264 g/mol. The van der Waals surface area contributed by atoms with Crippen LogP contribution in [-0.2, 0) is 6.54 Å². The van der Waals surface area contributed by atoms with Crippen LogP contribution in [-0.4, -0.2) is 26.3 Å². The van der Waals surface area contributed by atoms with Gasteiger partial charge in [-0.3, -0.25) is 0 Å². The van der Waals surface area contributed by atoms with E-state index in [-0.39, 0.29) is 12.2 Å². The van der Waals surface area contributed by atoms with Crippen LogP contribution in [0, 0.1) is 5.82 Å². The Balaban J connectivity index is 3.11. The van der Waals surface area contributed by atoms with Gasteiger partial charge in [-0.25, -0.2) is 4.39 Å². The van der Waals surface area contributed by atoms with Gasteiger partial charge in [0.2, 0.25) is 0 Å². The van der Waals surface area contributed by atoms with Crippen molar-refractivity contribution in [2.75, 3.05) is 25.0 Å². The molecule has 1 N–H and O–H groups in total. The fourth-order valence-corrected chi connectivity index (χ4v) is 1.81. The lowest BCUT2D eigenvalue weighted by Gasteiger charge is -2.27. The van der Waals surface area contributed by atoms with E-state index < -0.39 is 18.5 Å². The van der Waals surface area contributed by atoms with Crippen LogP contribution in [0.5, 0.6) is 0 Å². The fraction of sp³-hybridized carbons (Fsp3) is 0.500. The Morgan fingerprint density at radius 1 is 1.28 bits per heavy atom. The molecule has 0 saturated heterocycles. The summed E-state index contributed by atoms with van der Waals surface area (Å²) in [5, 5.41) is 2.82. The van der Waals surface area contributed by atoms with E-state index in [9.17, 15) is 17.6 Å². The minimum absolute atomic E-state index is 0.0201. The summed E-state index contributed by atoms with van der Waals surface area (Å²) in [4.78, 5) is 1.00. The van der Waals surface area contributed by atoms with E-state index in [2.05, 4.69) is 5.32 Å². The second-order valence-corrected chi connectivity index (χ2v) is 3.91. The van der Waals surface area contributed by atoms with Gasteiger partial charge in [0.05, 0.1) is 5.69 Å². The number of anilines is 1. The third-order valence-electron chi connectivity index (χ3n) is 2.51. The summed E-state index contributed by atoms with van der Waals surface area (Å²) in [6.45, 7) is 0.834. The van der Waals surface area contributed by atoms with Gasteiger partial charge in [-0.15, -0.1) is 0 Å². The van der Waals surface area contributed by atoms with Crippen LogP contribution >= 0.6 is 0 Å². The standard InChI is InChI=1S/C12H16F4N2/c1-3-18(8-12(14,15)16)11-9(7-17-2)5-4-6-10(11)13/h4-6,17H,3,7-8H2,1-2H3. The maximum atomic E-state index is 13.7. The summed E-state index contributed by atoms with van der Waals surface area (Å²) >= 11 is 0. The van der Waals surface area contributed by atoms with Crippen LogP contribution in [0.4, 0.5) is 23.2 Å². The number of para-hydroxylation sites is 1. The van der Waals surface area contributed by atoms with Crippen LogP contribution < -0.4 is 10.2 Å². The van der Waals surface area contributed by atoms with Crippen molar-refractivity contribution in [1.29, 1.82) is 0 Å². The van der Waals surface area contributed by atoms with Crippen molar-refractivity contribution in [3.8, 4) is 0 Å². The van der Waals surface area contributed by atoms with Crippen LogP contribution in [0.3, 0.4) is 0 Å². The van der Waals surface area contributed by atoms with Crippen molar-refractivity contribution < 1.29 is 17.6 Å². The van der Waals surface area contributed by atoms with E-state index in [0.29, 0.717) is 12.1 Å². The average Bonchev–Trinajstić information content (AvgIpc) is 2.26. The van der Waals surface area contributed by atoms with Gasteiger partial charge in [0.25, 0.3) is 0 Å². The molecule has 0 atom stereocenters. The summed E-state index contributed by atoms with van der Waals surface area (Å²) in [6.07, 6.45) is -4.35. The van der Waals surface area contributed by atoms with Crippen LogP contribution in [0.25, 0.3) is 0 Å². The van der Waals surface area contributed by atoms with E-state index in [1.807, 2.05) is 0 Å². The molecule has 1 rings (SSSR count). The zero-order valence-corrected chi connectivity index (χ0v) is 10.3. The molecule has 0 aromatic heterocycles. The summed E-state index contributed by atoms with van der Waals surface area (Å²) in [5.74, 6) is -0.631. The highest BCUT2D eigenvalue weighted by Gasteiger charge is 2.31. The number of hydrogen-bond donors (Lipinski definition) is 1. The molecule has 0 fully saturated rings. The fourth-order valence-electron chi connectivity index (χ4n) is 1.81. The number of nitrogens with one attached hydrogen (secondary N) is 1. The zero-order valence-electron chi connectivity index (χ0n) is 10.3. The highest BCUT2D eigenvalue weighted by molar-refractivity contribution is 5.55. The molecule has 0 bridgehead atoms. The Morgan fingerprint density at radius 2 is 1.94 bits per heavy atom. The van der Waals surface area contributed by atoms with Gasteiger partial charge in [-0.05, 0) is 25.6 Å². The van der Waals surface area contributed by atoms with Crippen molar-refractivity contribution in [3.05, 3.63) is 29.6 Å². The normalized spacial score (nSPS) is 11.7. The minimum Gasteiger partial charge on any atom is -0.360 e. The summed E-state index contributed by atoms with van der Waals surface area (Å²) < 4.78 is 51.1. The van der Waals surface area contributed by atoms with E-state index in [1.165, 1.54) is 12.1 Å². The van der Waals surface area contributed by atoms with E-state index in [4.69, 9.17) is 0 Å². The predicted molar refractivity (Wildman–Crippen MR) is 63.1 cm³/mol. The number of nitrogens with zero attached hydrogens (tertiary/aromatic N) is 1. The first-order valence-electron chi connectivity index (χ1n) is 5.62. The Bertz CT molecular complexity index is 390. The Morgan fingerprint density at radius 3 is 2.44 bits per heavy atom. The lowest BCUT2D eigenvalue weighted by Crippen LogP contribution is -2.35. The molecule has 0 saturated carbocycles. The van der Waals surface area contributed by atoms with Gasteiger partial charge < -0.3 is 10.2 Å². The molecule has 0 radical (unpaired) electrons. The molecule has 0 spiro atoms. The lowest BCUT2D eigenvalue weighted by molar-refractivity contribution is -0.119. The number of benzene rings is 1. The van der Waals surface area contributed by atoms with Crippen molar-refractivity contribution in [2.45, 2.75) is 19.6 Å². The van der Waals surface area contributed by atoms with E-state index in [0.717, 1.165) is 4.90 Å². The molecular formula is C12H16F4N2. The van der Waals surface area contributed by atoms with Crippen LogP contribution in [0.2, 0.25) is 0 Å². The first-order chi connectivity index (χ1) is 8.39. The molecular weight excluding hydrogens is 248 g/mol. The second-order valence-electron chi connectivity index (χ2n) is 3.91. The number of alkyl halides is 3. The Hall–Kier alpha value is -1.30. The molecule has 0 aliphatic rings. The third-order valence-corrected chi connectivity index (χ3v) is 2.51. The molecule has 0 aliphatic heterocycles. The lowest BCUT2D eigenvalue weighted by atomic mass is 10.1. The highest BCUT2D eigenvalue weighted by Crippen LogP contribution is 2.27. The van der Waals surface area contributed by atoms with Crippen molar-refractivity contribution in [1.82, 2.24) is 5.32 Å². The monoisotopic (exact) mass is 264 g/mol. The minimum atomic E-state index is -4.35. The largest absolute Gasteiger partial charge is 0.405 e. The molecule has 18 heavy (non-hydrogen) atoms. The maximum absolute atomic E-state index is 13.7. The number of rotatable bonds is 5.